The summed E-state index contributed by atoms with van der Waals surface area (Å²) in [6, 6.07) is 6.46. The second kappa shape index (κ2) is 6.00. The monoisotopic (exact) mass is 289 g/mol. The van der Waals surface area contributed by atoms with Crippen molar-refractivity contribution in [3.05, 3.63) is 53.6 Å². The number of hydrogen-bond donors (Lipinski definition) is 3. The summed E-state index contributed by atoms with van der Waals surface area (Å²) in [6.45, 7) is 1.72. The van der Waals surface area contributed by atoms with Crippen molar-refractivity contribution in [1.29, 1.82) is 0 Å². The highest BCUT2D eigenvalue weighted by Crippen LogP contribution is 2.17. The Hall–Kier alpha value is -2.96. The molecular weight excluding hydrogens is 277 g/mol. The van der Waals surface area contributed by atoms with Gasteiger partial charge in [0.15, 0.2) is 5.69 Å². The standard InChI is InChI=1S/C14H12FN3O3/c1-8-4-5-10(9(15)7-8)17-14(21)18-11-3-2-6-16-12(11)13(19)20/h2-7H,1H3,(H,19,20)(H2,17,18,21). The number of nitrogens with one attached hydrogen (secondary N) is 2. The lowest BCUT2D eigenvalue weighted by Crippen LogP contribution is -2.22. The molecule has 0 radical (unpaired) electrons. The van der Waals surface area contributed by atoms with Crippen molar-refractivity contribution in [2.24, 2.45) is 0 Å². The Morgan fingerprint density at radius 3 is 2.57 bits per heavy atom. The third-order valence-electron chi connectivity index (χ3n) is 2.63. The molecule has 0 fully saturated rings. The fraction of sp³-hybridized carbons (Fsp3) is 0.0714. The Morgan fingerprint density at radius 2 is 1.90 bits per heavy atom. The molecule has 0 atom stereocenters. The number of halogens is 1. The number of carbonyl (C=O) groups is 2. The third kappa shape index (κ3) is 3.53. The van der Waals surface area contributed by atoms with Crippen LogP contribution in [0, 0.1) is 12.7 Å². The molecule has 7 heteroatoms. The topological polar surface area (TPSA) is 91.3 Å². The second-order valence-corrected chi connectivity index (χ2v) is 4.27. The molecule has 0 bridgehead atoms. The maximum absolute atomic E-state index is 13.6. The number of aromatic nitrogens is 1. The second-order valence-electron chi connectivity index (χ2n) is 4.27. The van der Waals surface area contributed by atoms with Crippen molar-refractivity contribution < 1.29 is 19.1 Å². The van der Waals surface area contributed by atoms with Crippen LogP contribution in [0.5, 0.6) is 0 Å². The fourth-order valence-corrected chi connectivity index (χ4v) is 1.67. The van der Waals surface area contributed by atoms with Crippen LogP contribution in [0.1, 0.15) is 16.1 Å². The van der Waals surface area contributed by atoms with E-state index in [0.717, 1.165) is 5.56 Å². The summed E-state index contributed by atoms with van der Waals surface area (Å²) in [7, 11) is 0. The number of amides is 2. The van der Waals surface area contributed by atoms with Crippen LogP contribution in [0.25, 0.3) is 0 Å². The molecule has 0 unspecified atom stereocenters. The molecule has 2 rings (SSSR count). The zero-order chi connectivity index (χ0) is 15.4. The van der Waals surface area contributed by atoms with Crippen LogP contribution in [0.15, 0.2) is 36.5 Å². The van der Waals surface area contributed by atoms with Gasteiger partial charge in [0, 0.05) is 6.20 Å². The summed E-state index contributed by atoms with van der Waals surface area (Å²) >= 11 is 0. The van der Waals surface area contributed by atoms with Gasteiger partial charge < -0.3 is 15.7 Å². The first-order valence-corrected chi connectivity index (χ1v) is 6.00. The zero-order valence-corrected chi connectivity index (χ0v) is 11.1. The first kappa shape index (κ1) is 14.4. The highest BCUT2D eigenvalue weighted by Gasteiger charge is 2.14. The number of aryl methyl sites for hydroxylation is 1. The average Bonchev–Trinajstić information content (AvgIpc) is 2.42. The van der Waals surface area contributed by atoms with Crippen LogP contribution < -0.4 is 10.6 Å². The maximum atomic E-state index is 13.6. The van der Waals surface area contributed by atoms with Crippen LogP contribution in [0.3, 0.4) is 0 Å². The molecule has 0 aliphatic heterocycles. The van der Waals surface area contributed by atoms with Crippen molar-refractivity contribution in [2.75, 3.05) is 10.6 Å². The van der Waals surface area contributed by atoms with E-state index < -0.39 is 17.8 Å². The lowest BCUT2D eigenvalue weighted by Gasteiger charge is -2.10. The number of urea groups is 1. The number of pyridine rings is 1. The molecule has 0 saturated carbocycles. The summed E-state index contributed by atoms with van der Waals surface area (Å²) < 4.78 is 13.6. The summed E-state index contributed by atoms with van der Waals surface area (Å²) in [5.41, 5.74) is 0.449. The van der Waals surface area contributed by atoms with E-state index in [0.29, 0.717) is 0 Å². The van der Waals surface area contributed by atoms with Gasteiger partial charge in [0.05, 0.1) is 11.4 Å². The van der Waals surface area contributed by atoms with Gasteiger partial charge in [-0.1, -0.05) is 6.07 Å². The van der Waals surface area contributed by atoms with Crippen LogP contribution in [0.4, 0.5) is 20.6 Å². The molecule has 0 aliphatic carbocycles. The van der Waals surface area contributed by atoms with E-state index in [9.17, 15) is 14.0 Å². The summed E-state index contributed by atoms with van der Waals surface area (Å²) in [4.78, 5) is 26.4. The van der Waals surface area contributed by atoms with Crippen LogP contribution in [-0.2, 0) is 0 Å². The summed E-state index contributed by atoms with van der Waals surface area (Å²) in [5, 5.41) is 13.6. The molecule has 3 N–H and O–H groups in total. The Morgan fingerprint density at radius 1 is 1.19 bits per heavy atom. The number of carboxylic acids is 1. The van der Waals surface area contributed by atoms with E-state index in [4.69, 9.17) is 5.11 Å². The van der Waals surface area contributed by atoms with E-state index in [1.807, 2.05) is 0 Å². The van der Waals surface area contributed by atoms with Crippen molar-refractivity contribution >= 4 is 23.4 Å². The Kier molecular flexibility index (Phi) is 4.13. The predicted octanol–water partition coefficient (Wildman–Crippen LogP) is 2.87. The molecule has 0 saturated heterocycles. The fourth-order valence-electron chi connectivity index (χ4n) is 1.67. The number of nitrogens with zero attached hydrogens (tertiary/aromatic N) is 1. The van der Waals surface area contributed by atoms with E-state index in [2.05, 4.69) is 15.6 Å². The van der Waals surface area contributed by atoms with E-state index >= 15 is 0 Å². The Bertz CT molecular complexity index is 704. The van der Waals surface area contributed by atoms with E-state index in [1.54, 1.807) is 13.0 Å². The van der Waals surface area contributed by atoms with Gasteiger partial charge in [0.2, 0.25) is 0 Å². The number of rotatable bonds is 3. The lowest BCUT2D eigenvalue weighted by molar-refractivity contribution is 0.0691. The predicted molar refractivity (Wildman–Crippen MR) is 75.0 cm³/mol. The van der Waals surface area contributed by atoms with Crippen LogP contribution in [0.2, 0.25) is 0 Å². The minimum absolute atomic E-state index is 0.00105. The minimum Gasteiger partial charge on any atom is -0.476 e. The molecule has 108 valence electrons. The average molecular weight is 289 g/mol. The Labute approximate surface area is 119 Å². The Balaban J connectivity index is 2.14. The molecule has 1 heterocycles. The minimum atomic E-state index is -1.27. The van der Waals surface area contributed by atoms with Crippen molar-refractivity contribution in [3.63, 3.8) is 0 Å². The van der Waals surface area contributed by atoms with Gasteiger partial charge in [-0.25, -0.2) is 19.0 Å². The van der Waals surface area contributed by atoms with E-state index in [1.165, 1.54) is 30.5 Å². The van der Waals surface area contributed by atoms with Gasteiger partial charge in [-0.15, -0.1) is 0 Å². The number of benzene rings is 1. The van der Waals surface area contributed by atoms with Crippen molar-refractivity contribution in [1.82, 2.24) is 4.98 Å². The SMILES string of the molecule is Cc1ccc(NC(=O)Nc2cccnc2C(=O)O)c(F)c1. The van der Waals surface area contributed by atoms with Gasteiger partial charge in [0.25, 0.3) is 0 Å². The number of carbonyl (C=O) groups excluding carboxylic acids is 1. The third-order valence-corrected chi connectivity index (χ3v) is 2.63. The van der Waals surface area contributed by atoms with Crippen molar-refractivity contribution in [2.45, 2.75) is 6.92 Å². The first-order valence-electron chi connectivity index (χ1n) is 6.00. The lowest BCUT2D eigenvalue weighted by atomic mass is 10.2. The van der Waals surface area contributed by atoms with Crippen LogP contribution >= 0.6 is 0 Å². The zero-order valence-electron chi connectivity index (χ0n) is 11.1. The van der Waals surface area contributed by atoms with E-state index in [-0.39, 0.29) is 17.1 Å². The molecule has 21 heavy (non-hydrogen) atoms. The van der Waals surface area contributed by atoms with Gasteiger partial charge in [-0.2, -0.15) is 0 Å². The molecule has 0 aliphatic rings. The molecule has 6 nitrogen and oxygen atoms in total. The first-order chi connectivity index (χ1) is 9.97. The maximum Gasteiger partial charge on any atom is 0.356 e. The largest absolute Gasteiger partial charge is 0.476 e. The highest BCUT2D eigenvalue weighted by atomic mass is 19.1. The molecule has 1 aromatic heterocycles. The molecule has 0 spiro atoms. The smallest absolute Gasteiger partial charge is 0.356 e. The number of hydrogen-bond acceptors (Lipinski definition) is 3. The highest BCUT2D eigenvalue weighted by molar-refractivity contribution is 6.03. The van der Waals surface area contributed by atoms with Crippen LogP contribution in [-0.4, -0.2) is 22.1 Å². The normalized spacial score (nSPS) is 10.0. The molecular formula is C14H12FN3O3. The van der Waals surface area contributed by atoms with Gasteiger partial charge in [-0.3, -0.25) is 0 Å². The summed E-state index contributed by atoms with van der Waals surface area (Å²) in [5.74, 6) is -1.85. The number of anilines is 2. The number of carboxylic acid groups (broad SMARTS) is 1. The van der Waals surface area contributed by atoms with Gasteiger partial charge >= 0.3 is 12.0 Å². The molecule has 2 aromatic rings. The van der Waals surface area contributed by atoms with Crippen molar-refractivity contribution in [3.8, 4) is 0 Å². The molecule has 1 aromatic carbocycles. The summed E-state index contributed by atoms with van der Waals surface area (Å²) in [6.07, 6.45) is 1.30. The quantitative estimate of drug-likeness (QED) is 0.810. The van der Waals surface area contributed by atoms with Gasteiger partial charge in [-0.05, 0) is 36.8 Å². The molecule has 2 amide bonds. The van der Waals surface area contributed by atoms with Gasteiger partial charge in [0.1, 0.15) is 5.82 Å². The number of aromatic carboxylic acids is 1.